The molecule has 2 amide bonds. The molecule has 1 fully saturated rings. The molecule has 1 N–H and O–H groups in total. The first kappa shape index (κ1) is 17.7. The Balaban J connectivity index is 1.37. The highest BCUT2D eigenvalue weighted by Gasteiger charge is 2.35. The van der Waals surface area contributed by atoms with Crippen LogP contribution in [0.4, 0.5) is 0 Å². The van der Waals surface area contributed by atoms with Crippen molar-refractivity contribution < 1.29 is 9.59 Å². The minimum atomic E-state index is -0.0654. The number of aromatic nitrogens is 3. The number of nitrogens with one attached hydrogen (secondary N) is 1. The summed E-state index contributed by atoms with van der Waals surface area (Å²) in [4.78, 5) is 35.5. The molecule has 0 spiro atoms. The molecule has 4 rings (SSSR count). The van der Waals surface area contributed by atoms with E-state index in [0.29, 0.717) is 13.1 Å². The summed E-state index contributed by atoms with van der Waals surface area (Å²) >= 11 is 0. The summed E-state index contributed by atoms with van der Waals surface area (Å²) in [6.45, 7) is 3.94. The first-order valence-corrected chi connectivity index (χ1v) is 9.64. The molecule has 1 aliphatic heterocycles. The van der Waals surface area contributed by atoms with Crippen molar-refractivity contribution in [2.45, 2.75) is 51.7 Å². The molecule has 0 unspecified atom stereocenters. The van der Waals surface area contributed by atoms with E-state index in [1.54, 1.807) is 12.4 Å². The van der Waals surface area contributed by atoms with Gasteiger partial charge in [0.2, 0.25) is 11.8 Å². The van der Waals surface area contributed by atoms with E-state index in [2.05, 4.69) is 19.9 Å². The summed E-state index contributed by atoms with van der Waals surface area (Å²) in [6, 6.07) is 3.74. The van der Waals surface area contributed by atoms with Gasteiger partial charge in [0.25, 0.3) is 0 Å². The number of nitrogens with zero attached hydrogens (tertiary/aromatic N) is 4. The lowest BCUT2D eigenvalue weighted by Gasteiger charge is -2.38. The molecule has 1 aliphatic carbocycles. The Labute approximate surface area is 158 Å². The second kappa shape index (κ2) is 7.50. The molecule has 2 aromatic heterocycles. The van der Waals surface area contributed by atoms with Crippen molar-refractivity contribution in [3.8, 4) is 0 Å². The minimum Gasteiger partial charge on any atom is -0.352 e. The van der Waals surface area contributed by atoms with Crippen LogP contribution in [0.25, 0.3) is 0 Å². The zero-order chi connectivity index (χ0) is 18.8. The fourth-order valence-corrected chi connectivity index (χ4v) is 3.75. The van der Waals surface area contributed by atoms with Crippen LogP contribution in [0.2, 0.25) is 0 Å². The third-order valence-electron chi connectivity index (χ3n) is 5.57. The molecule has 7 nitrogen and oxygen atoms in total. The monoisotopic (exact) mass is 367 g/mol. The molecule has 7 heteroatoms. The van der Waals surface area contributed by atoms with Gasteiger partial charge in [0.05, 0.1) is 18.2 Å². The Kier molecular flexibility index (Phi) is 4.92. The van der Waals surface area contributed by atoms with Gasteiger partial charge in [-0.15, -0.1) is 0 Å². The largest absolute Gasteiger partial charge is 0.352 e. The fourth-order valence-electron chi connectivity index (χ4n) is 3.75. The predicted molar refractivity (Wildman–Crippen MR) is 99.5 cm³/mol. The molecule has 3 heterocycles. The zero-order valence-corrected chi connectivity index (χ0v) is 15.6. The van der Waals surface area contributed by atoms with Gasteiger partial charge in [0.1, 0.15) is 5.82 Å². The Morgan fingerprint density at radius 2 is 2.15 bits per heavy atom. The van der Waals surface area contributed by atoms with Crippen LogP contribution in [0.5, 0.6) is 0 Å². The normalized spacial score (nSPS) is 19.3. The van der Waals surface area contributed by atoms with E-state index in [0.717, 1.165) is 42.9 Å². The second-order valence-corrected chi connectivity index (χ2v) is 7.43. The van der Waals surface area contributed by atoms with Gasteiger partial charge in [0.15, 0.2) is 0 Å². The molecule has 1 atom stereocenters. The molecule has 0 bridgehead atoms. The number of imidazole rings is 1. The van der Waals surface area contributed by atoms with Crippen molar-refractivity contribution in [2.75, 3.05) is 6.54 Å². The summed E-state index contributed by atoms with van der Waals surface area (Å²) < 4.78 is 2.08. The SMILES string of the molecule is C[C@@H]1c2nc(CC(=O)NCc3cccnc3)cn2CCN1C(=O)C1CCC1. The van der Waals surface area contributed by atoms with Gasteiger partial charge < -0.3 is 14.8 Å². The van der Waals surface area contributed by atoms with Crippen molar-refractivity contribution in [1.29, 1.82) is 0 Å². The smallest absolute Gasteiger partial charge is 0.226 e. The van der Waals surface area contributed by atoms with Gasteiger partial charge in [0, 0.05) is 44.1 Å². The Bertz CT molecular complexity index is 828. The minimum absolute atomic E-state index is 0.0425. The summed E-state index contributed by atoms with van der Waals surface area (Å²) in [5.74, 6) is 1.28. The number of fused-ring (bicyclic) bond motifs is 1. The van der Waals surface area contributed by atoms with E-state index < -0.39 is 0 Å². The van der Waals surface area contributed by atoms with Gasteiger partial charge in [-0.25, -0.2) is 4.98 Å². The Morgan fingerprint density at radius 3 is 2.85 bits per heavy atom. The number of carbonyl (C=O) groups is 2. The van der Waals surface area contributed by atoms with Crippen LogP contribution in [-0.4, -0.2) is 37.8 Å². The Hall–Kier alpha value is -2.70. The topological polar surface area (TPSA) is 80.1 Å². The van der Waals surface area contributed by atoms with E-state index in [1.165, 1.54) is 0 Å². The van der Waals surface area contributed by atoms with Gasteiger partial charge >= 0.3 is 0 Å². The summed E-state index contributed by atoms with van der Waals surface area (Å²) in [6.07, 6.45) is 8.82. The van der Waals surface area contributed by atoms with E-state index >= 15 is 0 Å². The number of pyridine rings is 1. The standard InChI is InChI=1S/C20H25N5O2/c1-14-19-23-17(10-18(26)22-12-15-4-3-7-21-11-15)13-24(19)8-9-25(14)20(27)16-5-2-6-16/h3-4,7,11,13-14,16H,2,5-6,8-10,12H2,1H3,(H,22,26)/t14-/m1/s1. The van der Waals surface area contributed by atoms with E-state index in [9.17, 15) is 9.59 Å². The second-order valence-electron chi connectivity index (χ2n) is 7.43. The van der Waals surface area contributed by atoms with Crippen LogP contribution in [-0.2, 0) is 29.1 Å². The average Bonchev–Trinajstić information content (AvgIpc) is 3.03. The van der Waals surface area contributed by atoms with E-state index in [1.807, 2.05) is 30.2 Å². The highest BCUT2D eigenvalue weighted by atomic mass is 16.2. The van der Waals surface area contributed by atoms with E-state index in [-0.39, 0.29) is 30.2 Å². The zero-order valence-electron chi connectivity index (χ0n) is 15.6. The number of hydrogen-bond donors (Lipinski definition) is 1. The average molecular weight is 367 g/mol. The van der Waals surface area contributed by atoms with Gasteiger partial charge in [-0.05, 0) is 31.4 Å². The lowest BCUT2D eigenvalue weighted by Crippen LogP contribution is -2.45. The number of rotatable bonds is 5. The molecule has 1 saturated carbocycles. The third kappa shape index (κ3) is 3.72. The van der Waals surface area contributed by atoms with Crippen LogP contribution < -0.4 is 5.32 Å². The van der Waals surface area contributed by atoms with Crippen LogP contribution >= 0.6 is 0 Å². The first-order chi connectivity index (χ1) is 13.1. The molecular formula is C20H25N5O2. The summed E-state index contributed by atoms with van der Waals surface area (Å²) in [7, 11) is 0. The molecule has 142 valence electrons. The van der Waals surface area contributed by atoms with Crippen molar-refractivity contribution in [3.63, 3.8) is 0 Å². The van der Waals surface area contributed by atoms with Crippen LogP contribution in [0.1, 0.15) is 49.3 Å². The summed E-state index contributed by atoms with van der Waals surface area (Å²) in [5, 5.41) is 2.90. The molecule has 2 aliphatic rings. The van der Waals surface area contributed by atoms with E-state index in [4.69, 9.17) is 0 Å². The molecule has 2 aromatic rings. The third-order valence-corrected chi connectivity index (χ3v) is 5.57. The maximum Gasteiger partial charge on any atom is 0.226 e. The molecule has 0 saturated heterocycles. The number of amides is 2. The molecular weight excluding hydrogens is 342 g/mol. The maximum atomic E-state index is 12.6. The number of hydrogen-bond acceptors (Lipinski definition) is 4. The maximum absolute atomic E-state index is 12.6. The highest BCUT2D eigenvalue weighted by molar-refractivity contribution is 5.80. The summed E-state index contributed by atoms with van der Waals surface area (Å²) in [5.41, 5.74) is 1.72. The van der Waals surface area contributed by atoms with Crippen LogP contribution in [0.15, 0.2) is 30.7 Å². The highest BCUT2D eigenvalue weighted by Crippen LogP contribution is 2.33. The van der Waals surface area contributed by atoms with Gasteiger partial charge in [-0.2, -0.15) is 0 Å². The van der Waals surface area contributed by atoms with Crippen molar-refractivity contribution in [1.82, 2.24) is 24.8 Å². The lowest BCUT2D eigenvalue weighted by atomic mass is 9.84. The predicted octanol–water partition coefficient (Wildman–Crippen LogP) is 1.84. The fraction of sp³-hybridized carbons (Fsp3) is 0.500. The molecule has 0 radical (unpaired) electrons. The van der Waals surface area contributed by atoms with Gasteiger partial charge in [-0.1, -0.05) is 12.5 Å². The quantitative estimate of drug-likeness (QED) is 0.874. The first-order valence-electron chi connectivity index (χ1n) is 9.64. The van der Waals surface area contributed by atoms with Crippen molar-refractivity contribution in [3.05, 3.63) is 47.8 Å². The lowest BCUT2D eigenvalue weighted by molar-refractivity contribution is -0.141. The van der Waals surface area contributed by atoms with Gasteiger partial charge in [-0.3, -0.25) is 14.6 Å². The molecule has 0 aromatic carbocycles. The van der Waals surface area contributed by atoms with Crippen molar-refractivity contribution in [2.24, 2.45) is 5.92 Å². The van der Waals surface area contributed by atoms with Crippen molar-refractivity contribution >= 4 is 11.8 Å². The number of carbonyl (C=O) groups excluding carboxylic acids is 2. The van der Waals surface area contributed by atoms with Crippen LogP contribution in [0.3, 0.4) is 0 Å². The van der Waals surface area contributed by atoms with Crippen LogP contribution in [0, 0.1) is 5.92 Å². The molecule has 27 heavy (non-hydrogen) atoms. The Morgan fingerprint density at radius 1 is 1.30 bits per heavy atom.